The minimum atomic E-state index is -1.03. The number of carbonyl (C=O) groups is 3. The Morgan fingerprint density at radius 1 is 1.06 bits per heavy atom. The van der Waals surface area contributed by atoms with E-state index in [1.54, 1.807) is 0 Å². The minimum Gasteiger partial charge on any atom is -0.480 e. The van der Waals surface area contributed by atoms with Gasteiger partial charge in [0.1, 0.15) is 12.6 Å². The van der Waals surface area contributed by atoms with E-state index in [0.717, 1.165) is 22.3 Å². The van der Waals surface area contributed by atoms with Crippen molar-refractivity contribution in [2.45, 2.75) is 37.3 Å². The Morgan fingerprint density at radius 2 is 1.70 bits per heavy atom. The Balaban J connectivity index is 1.23. The SMILES string of the molecule is COC1CC(C(=O)O)N(C(=O)CCCNC(=O)OCC2c3ccccc3-c3ccccc32)C1. The summed E-state index contributed by atoms with van der Waals surface area (Å²) in [5.41, 5.74) is 4.62. The van der Waals surface area contributed by atoms with Crippen molar-refractivity contribution in [3.05, 3.63) is 59.7 Å². The van der Waals surface area contributed by atoms with Gasteiger partial charge in [0.25, 0.3) is 0 Å². The number of amides is 2. The third-order valence-electron chi connectivity index (χ3n) is 6.38. The number of fused-ring (bicyclic) bond motifs is 3. The van der Waals surface area contributed by atoms with E-state index in [0.29, 0.717) is 6.42 Å². The van der Waals surface area contributed by atoms with Crippen LogP contribution in [0.3, 0.4) is 0 Å². The highest BCUT2D eigenvalue weighted by molar-refractivity contribution is 5.84. The summed E-state index contributed by atoms with van der Waals surface area (Å²) in [5.74, 6) is -1.29. The van der Waals surface area contributed by atoms with Crippen molar-refractivity contribution in [3.63, 3.8) is 0 Å². The highest BCUT2D eigenvalue weighted by Gasteiger charge is 2.39. The van der Waals surface area contributed by atoms with Gasteiger partial charge in [-0.15, -0.1) is 0 Å². The molecule has 2 aliphatic rings. The number of likely N-dealkylation sites (tertiary alicyclic amines) is 1. The van der Waals surface area contributed by atoms with E-state index in [4.69, 9.17) is 9.47 Å². The van der Waals surface area contributed by atoms with Gasteiger partial charge < -0.3 is 24.8 Å². The Kier molecular flexibility index (Phi) is 6.93. The van der Waals surface area contributed by atoms with Crippen LogP contribution >= 0.6 is 0 Å². The number of nitrogens with one attached hydrogen (secondary N) is 1. The molecule has 174 valence electrons. The van der Waals surface area contributed by atoms with E-state index in [9.17, 15) is 19.5 Å². The molecule has 1 saturated heterocycles. The molecule has 8 nitrogen and oxygen atoms in total. The average Bonchev–Trinajstić information content (AvgIpc) is 3.40. The maximum atomic E-state index is 12.5. The largest absolute Gasteiger partial charge is 0.480 e. The van der Waals surface area contributed by atoms with Gasteiger partial charge in [0.2, 0.25) is 5.91 Å². The molecule has 2 amide bonds. The monoisotopic (exact) mass is 452 g/mol. The molecular formula is C25H28N2O6. The van der Waals surface area contributed by atoms with E-state index in [1.807, 2.05) is 24.3 Å². The number of carboxylic acid groups (broad SMARTS) is 1. The fourth-order valence-electron chi connectivity index (χ4n) is 4.70. The third kappa shape index (κ3) is 4.85. The number of methoxy groups -OCH3 is 1. The molecule has 8 heteroatoms. The molecule has 2 aromatic carbocycles. The van der Waals surface area contributed by atoms with Gasteiger partial charge in [0.05, 0.1) is 6.10 Å². The second-order valence-electron chi connectivity index (χ2n) is 8.35. The molecule has 1 fully saturated rings. The molecule has 2 aromatic rings. The van der Waals surface area contributed by atoms with Crippen molar-refractivity contribution in [2.75, 3.05) is 26.8 Å². The molecule has 2 atom stereocenters. The van der Waals surface area contributed by atoms with Crippen molar-refractivity contribution in [1.29, 1.82) is 0 Å². The van der Waals surface area contributed by atoms with E-state index in [2.05, 4.69) is 29.6 Å². The topological polar surface area (TPSA) is 105 Å². The number of aliphatic carboxylic acids is 1. The van der Waals surface area contributed by atoms with Gasteiger partial charge in [-0.1, -0.05) is 48.5 Å². The van der Waals surface area contributed by atoms with Gasteiger partial charge in [-0.2, -0.15) is 0 Å². The first-order chi connectivity index (χ1) is 16.0. The Labute approximate surface area is 192 Å². The lowest BCUT2D eigenvalue weighted by atomic mass is 9.98. The van der Waals surface area contributed by atoms with Crippen LogP contribution in [0.5, 0.6) is 0 Å². The second kappa shape index (κ2) is 10.0. The predicted molar refractivity (Wildman–Crippen MR) is 121 cm³/mol. The summed E-state index contributed by atoms with van der Waals surface area (Å²) < 4.78 is 10.7. The number of carboxylic acids is 1. The van der Waals surface area contributed by atoms with Gasteiger partial charge in [0.15, 0.2) is 0 Å². The fraction of sp³-hybridized carbons (Fsp3) is 0.400. The molecule has 2 N–H and O–H groups in total. The highest BCUT2D eigenvalue weighted by atomic mass is 16.5. The average molecular weight is 453 g/mol. The zero-order valence-electron chi connectivity index (χ0n) is 18.5. The van der Waals surface area contributed by atoms with Crippen molar-refractivity contribution < 1.29 is 29.0 Å². The zero-order chi connectivity index (χ0) is 23.4. The summed E-state index contributed by atoms with van der Waals surface area (Å²) in [6.07, 6.45) is 0.0190. The lowest BCUT2D eigenvalue weighted by Gasteiger charge is -2.21. The summed E-state index contributed by atoms with van der Waals surface area (Å²) in [5, 5.41) is 12.0. The predicted octanol–water partition coefficient (Wildman–Crippen LogP) is 3.01. The lowest BCUT2D eigenvalue weighted by molar-refractivity contribution is -0.148. The van der Waals surface area contributed by atoms with Crippen molar-refractivity contribution in [2.24, 2.45) is 0 Å². The molecule has 2 unspecified atom stereocenters. The maximum Gasteiger partial charge on any atom is 0.407 e. The van der Waals surface area contributed by atoms with Gasteiger partial charge in [0, 0.05) is 39.0 Å². The quantitative estimate of drug-likeness (QED) is 0.597. The number of rotatable bonds is 8. The summed E-state index contributed by atoms with van der Waals surface area (Å²) in [6.45, 7) is 0.763. The normalized spacial score (nSPS) is 19.1. The fourth-order valence-corrected chi connectivity index (χ4v) is 4.70. The number of hydrogen-bond acceptors (Lipinski definition) is 5. The van der Waals surface area contributed by atoms with Crippen LogP contribution in [0.15, 0.2) is 48.5 Å². The molecule has 1 aliphatic heterocycles. The number of benzene rings is 2. The van der Waals surface area contributed by atoms with Crippen LogP contribution < -0.4 is 5.32 Å². The molecule has 1 heterocycles. The van der Waals surface area contributed by atoms with Crippen LogP contribution in [0.4, 0.5) is 4.79 Å². The first-order valence-corrected chi connectivity index (χ1v) is 11.1. The van der Waals surface area contributed by atoms with Crippen LogP contribution in [0.25, 0.3) is 11.1 Å². The standard InChI is InChI=1S/C25H28N2O6/c1-32-16-13-22(24(29)30)27(14-16)23(28)11-6-12-26-25(31)33-15-21-19-9-4-2-7-17(19)18-8-3-5-10-20(18)21/h2-5,7-10,16,21-22H,6,11-15H2,1H3,(H,26,31)(H,29,30). The number of nitrogens with zero attached hydrogens (tertiary/aromatic N) is 1. The Morgan fingerprint density at radius 3 is 2.30 bits per heavy atom. The maximum absolute atomic E-state index is 12.5. The number of alkyl carbamates (subject to hydrolysis) is 1. The molecule has 0 aromatic heterocycles. The smallest absolute Gasteiger partial charge is 0.407 e. The number of hydrogen-bond donors (Lipinski definition) is 2. The Bertz CT molecular complexity index is 994. The van der Waals surface area contributed by atoms with Crippen molar-refractivity contribution >= 4 is 18.0 Å². The highest BCUT2D eigenvalue weighted by Crippen LogP contribution is 2.44. The Hall–Kier alpha value is -3.39. The van der Waals surface area contributed by atoms with Crippen molar-refractivity contribution in [1.82, 2.24) is 10.2 Å². The molecule has 4 rings (SSSR count). The molecule has 1 aliphatic carbocycles. The molecule has 0 bridgehead atoms. The number of ether oxygens (including phenoxy) is 2. The molecule has 0 radical (unpaired) electrons. The first kappa shape index (κ1) is 22.8. The minimum absolute atomic E-state index is 0.0124. The number of carbonyl (C=O) groups excluding carboxylic acids is 2. The van der Waals surface area contributed by atoms with E-state index < -0.39 is 18.1 Å². The first-order valence-electron chi connectivity index (χ1n) is 11.1. The summed E-state index contributed by atoms with van der Waals surface area (Å²) in [6, 6.07) is 15.4. The van der Waals surface area contributed by atoms with Crippen LogP contribution in [-0.4, -0.2) is 66.9 Å². The van der Waals surface area contributed by atoms with Crippen LogP contribution in [-0.2, 0) is 19.1 Å². The van der Waals surface area contributed by atoms with Crippen molar-refractivity contribution in [3.8, 4) is 11.1 Å². The molecule has 0 saturated carbocycles. The van der Waals surface area contributed by atoms with E-state index in [-0.39, 0.29) is 50.5 Å². The van der Waals surface area contributed by atoms with Gasteiger partial charge in [-0.25, -0.2) is 9.59 Å². The molecule has 33 heavy (non-hydrogen) atoms. The van der Waals surface area contributed by atoms with E-state index >= 15 is 0 Å². The summed E-state index contributed by atoms with van der Waals surface area (Å²) in [4.78, 5) is 37.4. The zero-order valence-corrected chi connectivity index (χ0v) is 18.5. The summed E-state index contributed by atoms with van der Waals surface area (Å²) in [7, 11) is 1.51. The third-order valence-corrected chi connectivity index (χ3v) is 6.38. The molecule has 0 spiro atoms. The van der Waals surface area contributed by atoms with Crippen LogP contribution in [0, 0.1) is 0 Å². The van der Waals surface area contributed by atoms with E-state index in [1.165, 1.54) is 12.0 Å². The molecular weight excluding hydrogens is 424 g/mol. The second-order valence-corrected chi connectivity index (χ2v) is 8.35. The van der Waals surface area contributed by atoms with Gasteiger partial charge in [-0.05, 0) is 28.7 Å². The summed E-state index contributed by atoms with van der Waals surface area (Å²) >= 11 is 0. The lowest BCUT2D eigenvalue weighted by Crippen LogP contribution is -2.40. The van der Waals surface area contributed by atoms with Crippen LogP contribution in [0.2, 0.25) is 0 Å². The van der Waals surface area contributed by atoms with Gasteiger partial charge in [-0.3, -0.25) is 4.79 Å². The van der Waals surface area contributed by atoms with Gasteiger partial charge >= 0.3 is 12.1 Å². The van der Waals surface area contributed by atoms with Crippen LogP contribution in [0.1, 0.15) is 36.3 Å².